The van der Waals surface area contributed by atoms with Gasteiger partial charge in [0.25, 0.3) is 0 Å². The number of ether oxygens (including phenoxy) is 1. The molecule has 0 amide bonds. The summed E-state index contributed by atoms with van der Waals surface area (Å²) in [5, 5.41) is 0. The van der Waals surface area contributed by atoms with Crippen LogP contribution in [0.3, 0.4) is 0 Å². The van der Waals surface area contributed by atoms with E-state index in [1.54, 1.807) is 6.20 Å². The molecule has 1 fully saturated rings. The predicted octanol–water partition coefficient (Wildman–Crippen LogP) is 2.13. The Morgan fingerprint density at radius 3 is 3.07 bits per heavy atom. The first-order chi connectivity index (χ1) is 7.25. The van der Waals surface area contributed by atoms with Gasteiger partial charge >= 0.3 is 0 Å². The topological polar surface area (TPSA) is 39.2 Å². The number of aromatic nitrogens is 1. The van der Waals surface area contributed by atoms with Gasteiger partial charge in [-0.25, -0.2) is 0 Å². The number of nitrogens with zero attached hydrogens (tertiary/aromatic N) is 1. The second-order valence-corrected chi connectivity index (χ2v) is 4.53. The number of carbonyl (C=O) groups excluding carboxylic acids is 1. The average molecular weight is 270 g/mol. The summed E-state index contributed by atoms with van der Waals surface area (Å²) in [4.78, 5) is 15.9. The van der Waals surface area contributed by atoms with Gasteiger partial charge in [0, 0.05) is 23.0 Å². The summed E-state index contributed by atoms with van der Waals surface area (Å²) in [7, 11) is 0. The second-order valence-electron chi connectivity index (χ2n) is 3.61. The first kappa shape index (κ1) is 10.8. The summed E-state index contributed by atoms with van der Waals surface area (Å²) < 4.78 is 6.25. The molecule has 2 rings (SSSR count). The van der Waals surface area contributed by atoms with E-state index in [4.69, 9.17) is 4.74 Å². The van der Waals surface area contributed by atoms with E-state index in [9.17, 15) is 4.79 Å². The molecule has 0 spiro atoms. The predicted molar refractivity (Wildman–Crippen MR) is 59.6 cm³/mol. The molecule has 0 bridgehead atoms. The van der Waals surface area contributed by atoms with Crippen LogP contribution >= 0.6 is 15.9 Å². The number of hydrogen-bond acceptors (Lipinski definition) is 3. The highest BCUT2D eigenvalue weighted by atomic mass is 79.9. The maximum absolute atomic E-state index is 11.7. The summed E-state index contributed by atoms with van der Waals surface area (Å²) in [5.41, 5.74) is 0.804. The third-order valence-corrected chi connectivity index (χ3v) is 2.90. The van der Waals surface area contributed by atoms with Crippen molar-refractivity contribution in [1.82, 2.24) is 4.98 Å². The summed E-state index contributed by atoms with van der Waals surface area (Å²) in [5.74, 6) is 0.141. The molecule has 15 heavy (non-hydrogen) atoms. The summed E-state index contributed by atoms with van der Waals surface area (Å²) in [6.07, 6.45) is 3.73. The minimum Gasteiger partial charge on any atom is -0.370 e. The number of ketones is 1. The Balaban J connectivity index is 1.96. The van der Waals surface area contributed by atoms with Crippen LogP contribution in [0, 0.1) is 0 Å². The van der Waals surface area contributed by atoms with Gasteiger partial charge < -0.3 is 4.74 Å². The molecule has 3 nitrogen and oxygen atoms in total. The molecule has 0 radical (unpaired) electrons. The second kappa shape index (κ2) is 4.86. The van der Waals surface area contributed by atoms with E-state index < -0.39 is 0 Å². The van der Waals surface area contributed by atoms with Crippen LogP contribution in [0.4, 0.5) is 0 Å². The minimum atomic E-state index is -0.199. The molecular weight excluding hydrogens is 258 g/mol. The van der Waals surface area contributed by atoms with E-state index in [0.29, 0.717) is 13.0 Å². The molecule has 1 atom stereocenters. The summed E-state index contributed by atoms with van der Waals surface area (Å²) in [6.45, 7) is 0.712. The fraction of sp³-hybridized carbons (Fsp3) is 0.455. The molecule has 0 aliphatic carbocycles. The van der Waals surface area contributed by atoms with Crippen molar-refractivity contribution < 1.29 is 9.53 Å². The van der Waals surface area contributed by atoms with Crippen LogP contribution in [0.25, 0.3) is 0 Å². The highest BCUT2D eigenvalue weighted by Crippen LogP contribution is 2.15. The molecule has 1 unspecified atom stereocenters. The molecule has 1 aliphatic heterocycles. The highest BCUT2D eigenvalue weighted by Gasteiger charge is 2.23. The van der Waals surface area contributed by atoms with E-state index >= 15 is 0 Å². The zero-order chi connectivity index (χ0) is 10.7. The van der Waals surface area contributed by atoms with Crippen molar-refractivity contribution in [2.75, 3.05) is 6.61 Å². The first-order valence-corrected chi connectivity index (χ1v) is 5.80. The van der Waals surface area contributed by atoms with Crippen LogP contribution in [0.5, 0.6) is 0 Å². The van der Waals surface area contributed by atoms with Gasteiger partial charge in [-0.15, -0.1) is 0 Å². The quantitative estimate of drug-likeness (QED) is 0.844. The largest absolute Gasteiger partial charge is 0.370 e. The van der Waals surface area contributed by atoms with Gasteiger partial charge in [-0.05, 0) is 40.9 Å². The van der Waals surface area contributed by atoms with Crippen molar-refractivity contribution >= 4 is 21.7 Å². The van der Waals surface area contributed by atoms with Crippen molar-refractivity contribution in [1.29, 1.82) is 0 Å². The summed E-state index contributed by atoms with van der Waals surface area (Å²) >= 11 is 3.31. The molecule has 0 aromatic carbocycles. The zero-order valence-electron chi connectivity index (χ0n) is 8.28. The van der Waals surface area contributed by atoms with Crippen LogP contribution in [-0.4, -0.2) is 23.5 Å². The molecule has 0 saturated carbocycles. The Morgan fingerprint density at radius 2 is 2.47 bits per heavy atom. The van der Waals surface area contributed by atoms with Crippen molar-refractivity contribution in [3.8, 4) is 0 Å². The Labute approximate surface area is 97.0 Å². The Morgan fingerprint density at radius 1 is 1.60 bits per heavy atom. The monoisotopic (exact) mass is 269 g/mol. The van der Waals surface area contributed by atoms with Crippen LogP contribution in [0.2, 0.25) is 0 Å². The maximum Gasteiger partial charge on any atom is 0.167 e. The standard InChI is InChI=1S/C11H12BrNO2/c12-8-3-4-9(13-7-8)6-10(14)11-2-1-5-15-11/h3-4,7,11H,1-2,5-6H2. The van der Waals surface area contributed by atoms with Gasteiger partial charge in [-0.3, -0.25) is 9.78 Å². The number of carbonyl (C=O) groups is 1. The molecule has 1 aromatic rings. The lowest BCUT2D eigenvalue weighted by molar-refractivity contribution is -0.127. The maximum atomic E-state index is 11.7. The smallest absolute Gasteiger partial charge is 0.167 e. The molecule has 4 heteroatoms. The first-order valence-electron chi connectivity index (χ1n) is 5.00. The molecule has 1 aliphatic rings. The van der Waals surface area contributed by atoms with Gasteiger partial charge in [0.15, 0.2) is 5.78 Å². The van der Waals surface area contributed by atoms with Crippen molar-refractivity contribution in [2.24, 2.45) is 0 Å². The number of pyridine rings is 1. The lowest BCUT2D eigenvalue weighted by atomic mass is 10.1. The third kappa shape index (κ3) is 2.86. The average Bonchev–Trinajstić information content (AvgIpc) is 2.74. The number of Topliss-reactive ketones (excluding diaryl/α,β-unsaturated/α-hetero) is 1. The van der Waals surface area contributed by atoms with Gasteiger partial charge in [0.2, 0.25) is 0 Å². The van der Waals surface area contributed by atoms with E-state index in [1.165, 1.54) is 0 Å². The van der Waals surface area contributed by atoms with Gasteiger partial charge in [-0.2, -0.15) is 0 Å². The molecule has 1 aromatic heterocycles. The van der Waals surface area contributed by atoms with Crippen molar-refractivity contribution in [3.05, 3.63) is 28.5 Å². The van der Waals surface area contributed by atoms with E-state index in [-0.39, 0.29) is 11.9 Å². The van der Waals surface area contributed by atoms with Crippen molar-refractivity contribution in [2.45, 2.75) is 25.4 Å². The molecular formula is C11H12BrNO2. The van der Waals surface area contributed by atoms with Crippen LogP contribution in [-0.2, 0) is 16.0 Å². The molecule has 2 heterocycles. The van der Waals surface area contributed by atoms with Gasteiger partial charge in [-0.1, -0.05) is 0 Å². The molecule has 0 N–H and O–H groups in total. The van der Waals surface area contributed by atoms with E-state index in [2.05, 4.69) is 20.9 Å². The fourth-order valence-electron chi connectivity index (χ4n) is 1.63. The normalized spacial score (nSPS) is 20.5. The molecule has 80 valence electrons. The lowest BCUT2D eigenvalue weighted by Crippen LogP contribution is -2.21. The van der Waals surface area contributed by atoms with Gasteiger partial charge in [0.1, 0.15) is 6.10 Å². The van der Waals surface area contributed by atoms with E-state index in [1.807, 2.05) is 12.1 Å². The third-order valence-electron chi connectivity index (χ3n) is 2.43. The SMILES string of the molecule is O=C(Cc1ccc(Br)cn1)C1CCCO1. The number of halogens is 1. The summed E-state index contributed by atoms with van der Waals surface area (Å²) in [6, 6.07) is 3.75. The lowest BCUT2D eigenvalue weighted by Gasteiger charge is -2.07. The number of rotatable bonds is 3. The van der Waals surface area contributed by atoms with E-state index in [0.717, 1.165) is 23.0 Å². The Hall–Kier alpha value is -0.740. The Bertz CT molecular complexity index is 344. The van der Waals surface area contributed by atoms with Crippen LogP contribution in [0.15, 0.2) is 22.8 Å². The zero-order valence-corrected chi connectivity index (χ0v) is 9.87. The fourth-order valence-corrected chi connectivity index (χ4v) is 1.87. The minimum absolute atomic E-state index is 0.141. The Kier molecular flexibility index (Phi) is 3.49. The molecule has 1 saturated heterocycles. The van der Waals surface area contributed by atoms with Gasteiger partial charge in [0.05, 0.1) is 6.42 Å². The van der Waals surface area contributed by atoms with Crippen LogP contribution in [0.1, 0.15) is 18.5 Å². The number of hydrogen-bond donors (Lipinski definition) is 0. The highest BCUT2D eigenvalue weighted by molar-refractivity contribution is 9.10. The van der Waals surface area contributed by atoms with Crippen molar-refractivity contribution in [3.63, 3.8) is 0 Å². The van der Waals surface area contributed by atoms with Crippen LogP contribution < -0.4 is 0 Å².